The zero-order chi connectivity index (χ0) is 18.1. The van der Waals surface area contributed by atoms with Crippen LogP contribution in [0.25, 0.3) is 11.0 Å². The Balaban J connectivity index is 1.71. The maximum absolute atomic E-state index is 5.10. The van der Waals surface area contributed by atoms with Gasteiger partial charge in [0.2, 0.25) is 5.89 Å². The van der Waals surface area contributed by atoms with Gasteiger partial charge in [-0.3, -0.25) is 0 Å². The fourth-order valence-corrected chi connectivity index (χ4v) is 3.36. The van der Waals surface area contributed by atoms with Gasteiger partial charge in [-0.05, 0) is 30.9 Å². The first-order chi connectivity index (χ1) is 12.6. The first-order valence-corrected chi connectivity index (χ1v) is 9.12. The summed E-state index contributed by atoms with van der Waals surface area (Å²) in [5, 5.41) is 4.01. The molecule has 1 aromatic carbocycles. The Kier molecular flexibility index (Phi) is 4.44. The number of hydrogen-bond acceptors (Lipinski definition) is 7. The standard InChI is InChI=1S/C19H24N6O/c1-13-8-10-25(11-9-13)19-18(21-15-6-4-5-7-16(15)22-19)24(3)12-17-20-14(2)26-23-17/h4-7,13H,8-12H2,1-3H3. The number of rotatable bonds is 4. The van der Waals surface area contributed by atoms with Crippen molar-refractivity contribution in [2.75, 3.05) is 29.9 Å². The molecule has 3 heterocycles. The van der Waals surface area contributed by atoms with Crippen molar-refractivity contribution < 1.29 is 4.52 Å². The lowest BCUT2D eigenvalue weighted by atomic mass is 9.99. The van der Waals surface area contributed by atoms with Gasteiger partial charge in [0.25, 0.3) is 0 Å². The van der Waals surface area contributed by atoms with Crippen molar-refractivity contribution in [1.29, 1.82) is 0 Å². The molecule has 2 aromatic heterocycles. The van der Waals surface area contributed by atoms with E-state index in [9.17, 15) is 0 Å². The summed E-state index contributed by atoms with van der Waals surface area (Å²) >= 11 is 0. The van der Waals surface area contributed by atoms with Gasteiger partial charge in [0.1, 0.15) is 0 Å². The van der Waals surface area contributed by atoms with Gasteiger partial charge in [0, 0.05) is 27.1 Å². The lowest BCUT2D eigenvalue weighted by molar-refractivity contribution is 0.387. The number of fused-ring (bicyclic) bond motifs is 1. The third kappa shape index (κ3) is 3.34. The number of piperidine rings is 1. The Bertz CT molecular complexity index is 900. The molecule has 7 heteroatoms. The number of nitrogens with zero attached hydrogens (tertiary/aromatic N) is 6. The second-order valence-electron chi connectivity index (χ2n) is 7.11. The summed E-state index contributed by atoms with van der Waals surface area (Å²) in [5.41, 5.74) is 1.82. The molecule has 0 aliphatic carbocycles. The quantitative estimate of drug-likeness (QED) is 0.714. The van der Waals surface area contributed by atoms with Crippen molar-refractivity contribution in [2.45, 2.75) is 33.2 Å². The average molecular weight is 352 g/mol. The molecular formula is C19H24N6O. The highest BCUT2D eigenvalue weighted by molar-refractivity contribution is 5.80. The molecule has 26 heavy (non-hydrogen) atoms. The van der Waals surface area contributed by atoms with Crippen molar-refractivity contribution in [1.82, 2.24) is 20.1 Å². The molecule has 3 aromatic rings. The normalized spacial score (nSPS) is 15.6. The van der Waals surface area contributed by atoms with Gasteiger partial charge in [-0.15, -0.1) is 0 Å². The van der Waals surface area contributed by atoms with Gasteiger partial charge in [-0.1, -0.05) is 24.2 Å². The predicted molar refractivity (Wildman–Crippen MR) is 101 cm³/mol. The second-order valence-corrected chi connectivity index (χ2v) is 7.11. The SMILES string of the molecule is Cc1nc(CN(C)c2nc3ccccc3nc2N2CCC(C)CC2)no1. The van der Waals surface area contributed by atoms with Crippen molar-refractivity contribution in [3.05, 3.63) is 36.0 Å². The Morgan fingerprint density at radius 2 is 1.81 bits per heavy atom. The van der Waals surface area contributed by atoms with Gasteiger partial charge >= 0.3 is 0 Å². The number of benzene rings is 1. The maximum atomic E-state index is 5.10. The van der Waals surface area contributed by atoms with E-state index in [-0.39, 0.29) is 0 Å². The minimum Gasteiger partial charge on any atom is -0.354 e. The minimum atomic E-state index is 0.529. The van der Waals surface area contributed by atoms with Crippen LogP contribution in [0.4, 0.5) is 11.6 Å². The lowest BCUT2D eigenvalue weighted by Gasteiger charge is -2.33. The van der Waals surface area contributed by atoms with E-state index in [0.717, 1.165) is 41.7 Å². The fourth-order valence-electron chi connectivity index (χ4n) is 3.36. The minimum absolute atomic E-state index is 0.529. The summed E-state index contributed by atoms with van der Waals surface area (Å²) in [7, 11) is 2.00. The second kappa shape index (κ2) is 6.90. The molecule has 0 spiro atoms. The van der Waals surface area contributed by atoms with E-state index < -0.39 is 0 Å². The van der Waals surface area contributed by atoms with Gasteiger partial charge in [-0.2, -0.15) is 4.98 Å². The molecule has 4 rings (SSSR count). The van der Waals surface area contributed by atoms with E-state index in [2.05, 4.69) is 26.9 Å². The molecular weight excluding hydrogens is 328 g/mol. The van der Waals surface area contributed by atoms with Crippen LogP contribution >= 0.6 is 0 Å². The highest BCUT2D eigenvalue weighted by Crippen LogP contribution is 2.31. The van der Waals surface area contributed by atoms with Crippen LogP contribution in [0.15, 0.2) is 28.8 Å². The molecule has 1 saturated heterocycles. The number of para-hydroxylation sites is 2. The fraction of sp³-hybridized carbons (Fsp3) is 0.474. The van der Waals surface area contributed by atoms with Crippen LogP contribution in [0.1, 0.15) is 31.5 Å². The third-order valence-corrected chi connectivity index (χ3v) is 4.93. The van der Waals surface area contributed by atoms with E-state index in [1.165, 1.54) is 12.8 Å². The molecule has 0 unspecified atom stereocenters. The number of anilines is 2. The molecule has 1 aliphatic rings. The van der Waals surface area contributed by atoms with E-state index >= 15 is 0 Å². The zero-order valence-corrected chi connectivity index (χ0v) is 15.5. The van der Waals surface area contributed by atoms with Crippen LogP contribution in [0.5, 0.6) is 0 Å². The van der Waals surface area contributed by atoms with Crippen LogP contribution in [-0.2, 0) is 6.54 Å². The summed E-state index contributed by atoms with van der Waals surface area (Å²) in [6.07, 6.45) is 2.36. The van der Waals surface area contributed by atoms with E-state index in [1.54, 1.807) is 6.92 Å². The van der Waals surface area contributed by atoms with Crippen molar-refractivity contribution in [3.63, 3.8) is 0 Å². The smallest absolute Gasteiger partial charge is 0.223 e. The molecule has 136 valence electrons. The van der Waals surface area contributed by atoms with Crippen LogP contribution in [-0.4, -0.2) is 40.2 Å². The van der Waals surface area contributed by atoms with Gasteiger partial charge in [0.05, 0.1) is 17.6 Å². The summed E-state index contributed by atoms with van der Waals surface area (Å²) in [4.78, 5) is 18.6. The molecule has 0 amide bonds. The van der Waals surface area contributed by atoms with Gasteiger partial charge < -0.3 is 14.3 Å². The van der Waals surface area contributed by atoms with Crippen molar-refractivity contribution in [3.8, 4) is 0 Å². The first-order valence-electron chi connectivity index (χ1n) is 9.12. The summed E-state index contributed by atoms with van der Waals surface area (Å²) < 4.78 is 5.10. The van der Waals surface area contributed by atoms with Crippen LogP contribution in [0, 0.1) is 12.8 Å². The molecule has 0 saturated carbocycles. The molecule has 0 N–H and O–H groups in total. The average Bonchev–Trinajstić information content (AvgIpc) is 3.06. The largest absolute Gasteiger partial charge is 0.354 e. The van der Waals surface area contributed by atoms with E-state index in [0.29, 0.717) is 18.3 Å². The van der Waals surface area contributed by atoms with Crippen molar-refractivity contribution >= 4 is 22.7 Å². The van der Waals surface area contributed by atoms with Crippen LogP contribution in [0.3, 0.4) is 0 Å². The zero-order valence-electron chi connectivity index (χ0n) is 15.5. The molecule has 0 atom stereocenters. The van der Waals surface area contributed by atoms with Crippen molar-refractivity contribution in [2.24, 2.45) is 5.92 Å². The predicted octanol–water partition coefficient (Wildman–Crippen LogP) is 3.19. The maximum Gasteiger partial charge on any atom is 0.223 e. The topological polar surface area (TPSA) is 71.2 Å². The molecule has 7 nitrogen and oxygen atoms in total. The molecule has 0 bridgehead atoms. The number of aromatic nitrogens is 4. The summed E-state index contributed by atoms with van der Waals surface area (Å²) in [5.74, 6) is 3.79. The van der Waals surface area contributed by atoms with E-state index in [1.807, 2.05) is 31.3 Å². The first kappa shape index (κ1) is 16.8. The van der Waals surface area contributed by atoms with E-state index in [4.69, 9.17) is 14.5 Å². The summed E-state index contributed by atoms with van der Waals surface area (Å²) in [6, 6.07) is 8.01. The monoisotopic (exact) mass is 352 g/mol. The Morgan fingerprint density at radius 3 is 2.46 bits per heavy atom. The number of hydrogen-bond donors (Lipinski definition) is 0. The highest BCUT2D eigenvalue weighted by Gasteiger charge is 2.23. The Morgan fingerprint density at radius 1 is 1.12 bits per heavy atom. The van der Waals surface area contributed by atoms with Crippen LogP contribution < -0.4 is 9.80 Å². The lowest BCUT2D eigenvalue weighted by Crippen LogP contribution is -2.35. The highest BCUT2D eigenvalue weighted by atomic mass is 16.5. The third-order valence-electron chi connectivity index (χ3n) is 4.93. The number of aryl methyl sites for hydroxylation is 1. The Labute approximate surface area is 153 Å². The van der Waals surface area contributed by atoms with Gasteiger partial charge in [-0.25, -0.2) is 9.97 Å². The summed E-state index contributed by atoms with van der Waals surface area (Å²) in [6.45, 7) is 6.66. The molecule has 1 aliphatic heterocycles. The molecule has 0 radical (unpaired) electrons. The van der Waals surface area contributed by atoms with Gasteiger partial charge in [0.15, 0.2) is 17.5 Å². The Hall–Kier alpha value is -2.70. The molecule has 1 fully saturated rings. The van der Waals surface area contributed by atoms with Crippen LogP contribution in [0.2, 0.25) is 0 Å².